The molecule has 1 rings (SSSR count). The minimum absolute atomic E-state index is 0.0406. The number of para-hydroxylation sites is 1. The molecule has 0 N–H and O–H groups in total. The smallest absolute Gasteiger partial charge is 0.236 e. The molecule has 0 aliphatic carbocycles. The Labute approximate surface area is 139 Å². The van der Waals surface area contributed by atoms with E-state index in [0.717, 1.165) is 11.3 Å². The summed E-state index contributed by atoms with van der Waals surface area (Å²) in [6, 6.07) is 10.1. The van der Waals surface area contributed by atoms with Gasteiger partial charge >= 0.3 is 0 Å². The fourth-order valence-electron chi connectivity index (χ4n) is 2.48. The van der Waals surface area contributed by atoms with Crippen molar-refractivity contribution in [2.45, 2.75) is 26.8 Å². The zero-order valence-electron chi connectivity index (χ0n) is 14.7. The monoisotopic (exact) mass is 317 g/mol. The molecule has 0 bridgehead atoms. The predicted molar refractivity (Wildman–Crippen MR) is 91.1 cm³/mol. The van der Waals surface area contributed by atoms with E-state index in [4.69, 9.17) is 10.00 Å². The van der Waals surface area contributed by atoms with Crippen LogP contribution in [0.2, 0.25) is 0 Å². The summed E-state index contributed by atoms with van der Waals surface area (Å²) in [4.78, 5) is 16.2. The number of carbonyl (C=O) groups excluding carboxylic acids is 1. The van der Waals surface area contributed by atoms with Gasteiger partial charge < -0.3 is 9.64 Å². The molecule has 5 nitrogen and oxygen atoms in total. The Morgan fingerprint density at radius 3 is 2.57 bits per heavy atom. The molecule has 2 atom stereocenters. The van der Waals surface area contributed by atoms with E-state index in [1.807, 2.05) is 50.1 Å². The molecule has 1 aromatic rings. The summed E-state index contributed by atoms with van der Waals surface area (Å²) < 4.78 is 5.40. The first-order chi connectivity index (χ1) is 10.9. The van der Waals surface area contributed by atoms with Crippen molar-refractivity contribution >= 4 is 5.91 Å². The van der Waals surface area contributed by atoms with E-state index < -0.39 is 0 Å². The van der Waals surface area contributed by atoms with Gasteiger partial charge in [0.05, 0.1) is 25.6 Å². The van der Waals surface area contributed by atoms with Gasteiger partial charge in [-0.25, -0.2) is 0 Å². The average molecular weight is 317 g/mol. The van der Waals surface area contributed by atoms with Crippen LogP contribution in [0.15, 0.2) is 24.3 Å². The van der Waals surface area contributed by atoms with Gasteiger partial charge in [0, 0.05) is 24.7 Å². The number of hydrogen-bond acceptors (Lipinski definition) is 4. The van der Waals surface area contributed by atoms with Crippen LogP contribution < -0.4 is 4.74 Å². The Hall–Kier alpha value is -2.06. The lowest BCUT2D eigenvalue weighted by Crippen LogP contribution is -2.41. The number of carbonyl (C=O) groups is 1. The van der Waals surface area contributed by atoms with Crippen LogP contribution in [0.5, 0.6) is 5.75 Å². The zero-order chi connectivity index (χ0) is 17.4. The zero-order valence-corrected chi connectivity index (χ0v) is 14.7. The van der Waals surface area contributed by atoms with Crippen LogP contribution in [0.4, 0.5) is 0 Å². The normalized spacial score (nSPS) is 13.3. The lowest BCUT2D eigenvalue weighted by atomic mass is 10.1. The second kappa shape index (κ2) is 9.16. The van der Waals surface area contributed by atoms with Crippen LogP contribution in [0.3, 0.4) is 0 Å². The number of rotatable bonds is 8. The van der Waals surface area contributed by atoms with Crippen LogP contribution in [-0.2, 0) is 4.79 Å². The molecule has 126 valence electrons. The fourth-order valence-corrected chi connectivity index (χ4v) is 2.48. The molecule has 2 unspecified atom stereocenters. The molecule has 0 aromatic heterocycles. The first-order valence-electron chi connectivity index (χ1n) is 7.95. The molecule has 23 heavy (non-hydrogen) atoms. The maximum absolute atomic E-state index is 12.5. The number of hydrogen-bond donors (Lipinski definition) is 0. The van der Waals surface area contributed by atoms with E-state index in [2.05, 4.69) is 13.0 Å². The van der Waals surface area contributed by atoms with Crippen LogP contribution in [0.25, 0.3) is 0 Å². The molecule has 0 aliphatic rings. The Balaban J connectivity index is 2.75. The molecular weight excluding hydrogens is 290 g/mol. The Kier molecular flexibility index (Phi) is 7.56. The lowest BCUT2D eigenvalue weighted by molar-refractivity contribution is -0.132. The van der Waals surface area contributed by atoms with Gasteiger partial charge in [0.15, 0.2) is 0 Å². The molecule has 1 aromatic carbocycles. The first kappa shape index (κ1) is 19.0. The van der Waals surface area contributed by atoms with Gasteiger partial charge in [-0.05, 0) is 33.9 Å². The van der Waals surface area contributed by atoms with Crippen molar-refractivity contribution in [3.05, 3.63) is 29.8 Å². The molecule has 0 saturated carbocycles. The summed E-state index contributed by atoms with van der Waals surface area (Å²) in [6.07, 6.45) is 0. The highest BCUT2D eigenvalue weighted by Crippen LogP contribution is 2.27. The summed E-state index contributed by atoms with van der Waals surface area (Å²) in [5.74, 6) is 0.708. The predicted octanol–water partition coefficient (Wildman–Crippen LogP) is 2.70. The minimum Gasteiger partial charge on any atom is -0.496 e. The summed E-state index contributed by atoms with van der Waals surface area (Å²) in [7, 11) is 3.58. The van der Waals surface area contributed by atoms with Gasteiger partial charge in [0.25, 0.3) is 0 Å². The number of methoxy groups -OCH3 is 1. The molecule has 5 heteroatoms. The highest BCUT2D eigenvalue weighted by molar-refractivity contribution is 5.78. The van der Waals surface area contributed by atoms with Crippen molar-refractivity contribution in [3.8, 4) is 11.8 Å². The summed E-state index contributed by atoms with van der Waals surface area (Å²) in [6.45, 7) is 7.22. The lowest BCUT2D eigenvalue weighted by Gasteiger charge is -2.29. The number of nitrogens with zero attached hydrogens (tertiary/aromatic N) is 3. The Morgan fingerprint density at radius 1 is 1.35 bits per heavy atom. The van der Waals surface area contributed by atoms with Gasteiger partial charge in [0.1, 0.15) is 5.75 Å². The van der Waals surface area contributed by atoms with Crippen LogP contribution >= 0.6 is 0 Å². The average Bonchev–Trinajstić information content (AvgIpc) is 2.58. The third-order valence-corrected chi connectivity index (χ3v) is 4.08. The highest BCUT2D eigenvalue weighted by Gasteiger charge is 2.21. The van der Waals surface area contributed by atoms with E-state index in [1.165, 1.54) is 0 Å². The maximum Gasteiger partial charge on any atom is 0.236 e. The number of ether oxygens (including phenoxy) is 1. The van der Waals surface area contributed by atoms with Crippen LogP contribution in [0, 0.1) is 17.2 Å². The second-order valence-electron chi connectivity index (χ2n) is 5.80. The quantitative estimate of drug-likeness (QED) is 0.740. The molecule has 0 heterocycles. The van der Waals surface area contributed by atoms with Crippen molar-refractivity contribution in [2.75, 3.05) is 33.8 Å². The molecule has 0 radical (unpaired) electrons. The number of benzene rings is 1. The molecule has 1 amide bonds. The van der Waals surface area contributed by atoms with Crippen molar-refractivity contribution in [2.24, 2.45) is 5.92 Å². The Morgan fingerprint density at radius 2 is 2.00 bits per heavy atom. The largest absolute Gasteiger partial charge is 0.496 e. The minimum atomic E-state index is -0.157. The standard InChI is InChI=1S/C18H27N3O2/c1-6-21(12-14(2)11-19)18(22)13-20(4)15(3)16-9-7-8-10-17(16)23-5/h7-10,14-15H,6,12-13H2,1-5H3. The van der Waals surface area contributed by atoms with E-state index in [-0.39, 0.29) is 17.9 Å². The number of likely N-dealkylation sites (N-methyl/N-ethyl adjacent to an activating group) is 2. The van der Waals surface area contributed by atoms with Crippen LogP contribution in [-0.4, -0.2) is 49.5 Å². The third-order valence-electron chi connectivity index (χ3n) is 4.08. The van der Waals surface area contributed by atoms with E-state index in [0.29, 0.717) is 19.6 Å². The molecule has 0 aliphatic heterocycles. The Bertz CT molecular complexity index is 553. The van der Waals surface area contributed by atoms with E-state index >= 15 is 0 Å². The first-order valence-corrected chi connectivity index (χ1v) is 7.95. The van der Waals surface area contributed by atoms with Crippen molar-refractivity contribution in [1.82, 2.24) is 9.80 Å². The topological polar surface area (TPSA) is 56.6 Å². The van der Waals surface area contributed by atoms with Crippen molar-refractivity contribution in [1.29, 1.82) is 5.26 Å². The van der Waals surface area contributed by atoms with Gasteiger partial charge in [-0.1, -0.05) is 18.2 Å². The number of nitriles is 1. The summed E-state index contributed by atoms with van der Waals surface area (Å²) in [5.41, 5.74) is 1.05. The second-order valence-corrected chi connectivity index (χ2v) is 5.80. The van der Waals surface area contributed by atoms with Gasteiger partial charge in [-0.2, -0.15) is 5.26 Å². The molecular formula is C18H27N3O2. The van der Waals surface area contributed by atoms with Gasteiger partial charge in [-0.15, -0.1) is 0 Å². The van der Waals surface area contributed by atoms with E-state index in [1.54, 1.807) is 12.0 Å². The van der Waals surface area contributed by atoms with Crippen molar-refractivity contribution < 1.29 is 9.53 Å². The molecule has 0 fully saturated rings. The SMILES string of the molecule is CCN(CC(C)C#N)C(=O)CN(C)C(C)c1ccccc1OC. The highest BCUT2D eigenvalue weighted by atomic mass is 16.5. The molecule has 0 spiro atoms. The van der Waals surface area contributed by atoms with Gasteiger partial charge in [-0.3, -0.25) is 9.69 Å². The summed E-state index contributed by atoms with van der Waals surface area (Å²) in [5, 5.41) is 8.93. The number of amides is 1. The summed E-state index contributed by atoms with van der Waals surface area (Å²) >= 11 is 0. The van der Waals surface area contributed by atoms with Gasteiger partial charge in [0.2, 0.25) is 5.91 Å². The molecule has 0 saturated heterocycles. The van der Waals surface area contributed by atoms with E-state index in [9.17, 15) is 4.79 Å². The van der Waals surface area contributed by atoms with Crippen molar-refractivity contribution in [3.63, 3.8) is 0 Å². The van der Waals surface area contributed by atoms with Crippen LogP contribution in [0.1, 0.15) is 32.4 Å². The third kappa shape index (κ3) is 5.26. The maximum atomic E-state index is 12.5. The fraction of sp³-hybridized carbons (Fsp3) is 0.556.